The van der Waals surface area contributed by atoms with E-state index in [0.717, 1.165) is 35.5 Å². The molecule has 0 bridgehead atoms. The number of hydrogen-bond donors (Lipinski definition) is 2. The second-order valence-corrected chi connectivity index (χ2v) is 7.17. The largest absolute Gasteiger partial charge is 0.497 e. The lowest BCUT2D eigenvalue weighted by atomic mass is 10.2. The average Bonchev–Trinajstić information content (AvgIpc) is 3.40. The molecule has 2 fully saturated rings. The van der Waals surface area contributed by atoms with Crippen LogP contribution in [0.15, 0.2) is 48.5 Å². The SMILES string of the molecule is COc1ccc(CNC(=O)Nc2ccc(CN3CC4CC4C3=O)cc2)cc1. The molecule has 0 spiro atoms. The van der Waals surface area contributed by atoms with Gasteiger partial charge in [-0.15, -0.1) is 0 Å². The molecule has 1 saturated heterocycles. The van der Waals surface area contributed by atoms with Gasteiger partial charge in [0.05, 0.1) is 7.11 Å². The van der Waals surface area contributed by atoms with Crippen molar-refractivity contribution in [1.29, 1.82) is 0 Å². The number of nitrogens with zero attached hydrogens (tertiary/aromatic N) is 1. The van der Waals surface area contributed by atoms with Gasteiger partial charge >= 0.3 is 6.03 Å². The molecule has 1 saturated carbocycles. The topological polar surface area (TPSA) is 70.7 Å². The Labute approximate surface area is 158 Å². The Kier molecular flexibility index (Phi) is 4.71. The zero-order valence-electron chi connectivity index (χ0n) is 15.3. The number of carbonyl (C=O) groups is 2. The number of benzene rings is 2. The fraction of sp³-hybridized carbons (Fsp3) is 0.333. The minimum Gasteiger partial charge on any atom is -0.497 e. The van der Waals surface area contributed by atoms with Gasteiger partial charge < -0.3 is 20.3 Å². The van der Waals surface area contributed by atoms with Crippen LogP contribution in [-0.4, -0.2) is 30.5 Å². The van der Waals surface area contributed by atoms with Crippen LogP contribution >= 0.6 is 0 Å². The number of anilines is 1. The monoisotopic (exact) mass is 365 g/mol. The Morgan fingerprint density at radius 3 is 2.44 bits per heavy atom. The first-order valence-electron chi connectivity index (χ1n) is 9.18. The highest BCUT2D eigenvalue weighted by Crippen LogP contribution is 2.46. The standard InChI is InChI=1S/C21H23N3O3/c1-27-18-8-4-14(5-9-18)11-22-21(26)23-17-6-2-15(3-7-17)12-24-13-16-10-19(16)20(24)25/h2-9,16,19H,10-13H2,1H3,(H2,22,23,26). The Morgan fingerprint density at radius 1 is 1.11 bits per heavy atom. The van der Waals surface area contributed by atoms with E-state index in [9.17, 15) is 9.59 Å². The molecule has 1 aliphatic heterocycles. The Bertz CT molecular complexity index is 833. The second-order valence-electron chi connectivity index (χ2n) is 7.17. The molecule has 2 atom stereocenters. The second kappa shape index (κ2) is 7.31. The molecule has 2 aliphatic rings. The fourth-order valence-electron chi connectivity index (χ4n) is 3.52. The van der Waals surface area contributed by atoms with Crippen LogP contribution in [-0.2, 0) is 17.9 Å². The highest BCUT2D eigenvalue weighted by molar-refractivity contribution is 5.89. The van der Waals surface area contributed by atoms with Crippen molar-refractivity contribution >= 4 is 17.6 Å². The van der Waals surface area contributed by atoms with Gasteiger partial charge in [0.15, 0.2) is 0 Å². The number of ether oxygens (including phenoxy) is 1. The molecule has 6 nitrogen and oxygen atoms in total. The number of urea groups is 1. The van der Waals surface area contributed by atoms with Crippen molar-refractivity contribution in [2.75, 3.05) is 19.0 Å². The molecule has 140 valence electrons. The number of piperidine rings is 1. The van der Waals surface area contributed by atoms with Crippen LogP contribution in [0.2, 0.25) is 0 Å². The van der Waals surface area contributed by atoms with Crippen LogP contribution in [0.25, 0.3) is 0 Å². The summed E-state index contributed by atoms with van der Waals surface area (Å²) in [5.41, 5.74) is 2.80. The summed E-state index contributed by atoms with van der Waals surface area (Å²) in [7, 11) is 1.62. The lowest BCUT2D eigenvalue weighted by Gasteiger charge is -2.18. The molecule has 2 unspecified atom stereocenters. The summed E-state index contributed by atoms with van der Waals surface area (Å²) < 4.78 is 5.12. The van der Waals surface area contributed by atoms with Crippen molar-refractivity contribution in [1.82, 2.24) is 10.2 Å². The summed E-state index contributed by atoms with van der Waals surface area (Å²) in [5.74, 6) is 1.96. The lowest BCUT2D eigenvalue weighted by molar-refractivity contribution is -0.130. The number of carbonyl (C=O) groups excluding carboxylic acids is 2. The Hall–Kier alpha value is -3.02. The zero-order valence-corrected chi connectivity index (χ0v) is 15.3. The van der Waals surface area contributed by atoms with E-state index in [4.69, 9.17) is 4.74 Å². The summed E-state index contributed by atoms with van der Waals surface area (Å²) in [6.45, 7) is 1.97. The van der Waals surface area contributed by atoms with E-state index >= 15 is 0 Å². The number of fused-ring (bicyclic) bond motifs is 1. The molecule has 1 heterocycles. The molecule has 0 radical (unpaired) electrons. The van der Waals surface area contributed by atoms with Gasteiger partial charge in [0.25, 0.3) is 0 Å². The van der Waals surface area contributed by atoms with E-state index in [1.807, 2.05) is 53.4 Å². The molecule has 2 aromatic rings. The van der Waals surface area contributed by atoms with E-state index < -0.39 is 0 Å². The lowest BCUT2D eigenvalue weighted by Crippen LogP contribution is -2.28. The third-order valence-corrected chi connectivity index (χ3v) is 5.20. The zero-order chi connectivity index (χ0) is 18.8. The van der Waals surface area contributed by atoms with Gasteiger partial charge in [-0.1, -0.05) is 24.3 Å². The van der Waals surface area contributed by atoms with Crippen LogP contribution in [0.5, 0.6) is 5.75 Å². The molecule has 0 aromatic heterocycles. The van der Waals surface area contributed by atoms with Gasteiger partial charge in [-0.3, -0.25) is 4.79 Å². The van der Waals surface area contributed by atoms with Crippen LogP contribution in [0.1, 0.15) is 17.5 Å². The minimum absolute atomic E-state index is 0.256. The van der Waals surface area contributed by atoms with Crippen molar-refractivity contribution in [2.24, 2.45) is 11.8 Å². The predicted octanol–water partition coefficient (Wildman–Crippen LogP) is 3.00. The third kappa shape index (κ3) is 4.05. The Balaban J connectivity index is 1.25. The highest BCUT2D eigenvalue weighted by atomic mass is 16.5. The van der Waals surface area contributed by atoms with Crippen LogP contribution < -0.4 is 15.4 Å². The summed E-state index contributed by atoms with van der Waals surface area (Å²) in [4.78, 5) is 26.0. The normalized spacial score (nSPS) is 20.2. The van der Waals surface area contributed by atoms with Gasteiger partial charge in [-0.2, -0.15) is 0 Å². The Morgan fingerprint density at radius 2 is 1.81 bits per heavy atom. The van der Waals surface area contributed by atoms with Gasteiger partial charge in [-0.25, -0.2) is 4.79 Å². The molecule has 3 amide bonds. The summed E-state index contributed by atoms with van der Waals surface area (Å²) in [5, 5.41) is 5.65. The summed E-state index contributed by atoms with van der Waals surface area (Å²) >= 11 is 0. The van der Waals surface area contributed by atoms with Crippen LogP contribution in [0, 0.1) is 11.8 Å². The van der Waals surface area contributed by atoms with Gasteiger partial charge in [-0.05, 0) is 47.7 Å². The number of likely N-dealkylation sites (tertiary alicyclic amines) is 1. The third-order valence-electron chi connectivity index (χ3n) is 5.20. The smallest absolute Gasteiger partial charge is 0.319 e. The summed E-state index contributed by atoms with van der Waals surface area (Å²) in [6, 6.07) is 14.9. The first kappa shape index (κ1) is 17.4. The van der Waals surface area contributed by atoms with Crippen molar-refractivity contribution in [2.45, 2.75) is 19.5 Å². The molecule has 27 heavy (non-hydrogen) atoms. The first-order valence-corrected chi connectivity index (χ1v) is 9.18. The van der Waals surface area contributed by atoms with E-state index in [0.29, 0.717) is 30.8 Å². The molecule has 4 rings (SSSR count). The predicted molar refractivity (Wildman–Crippen MR) is 102 cm³/mol. The van der Waals surface area contributed by atoms with E-state index in [1.165, 1.54) is 0 Å². The molecule has 2 aromatic carbocycles. The van der Waals surface area contributed by atoms with Gasteiger partial charge in [0, 0.05) is 31.2 Å². The maximum atomic E-state index is 12.1. The minimum atomic E-state index is -0.256. The van der Waals surface area contributed by atoms with E-state index in [1.54, 1.807) is 7.11 Å². The number of rotatable bonds is 6. The number of nitrogens with one attached hydrogen (secondary N) is 2. The number of amides is 3. The maximum absolute atomic E-state index is 12.1. The molecule has 2 N–H and O–H groups in total. The van der Waals surface area contributed by atoms with Gasteiger partial charge in [0.2, 0.25) is 5.91 Å². The fourth-order valence-corrected chi connectivity index (χ4v) is 3.52. The molecular weight excluding hydrogens is 342 g/mol. The van der Waals surface area contributed by atoms with Gasteiger partial charge in [0.1, 0.15) is 5.75 Å². The number of hydrogen-bond acceptors (Lipinski definition) is 3. The van der Waals surface area contributed by atoms with Crippen molar-refractivity contribution in [3.8, 4) is 5.75 Å². The van der Waals surface area contributed by atoms with Crippen molar-refractivity contribution in [3.05, 3.63) is 59.7 Å². The quantitative estimate of drug-likeness (QED) is 0.827. The first-order chi connectivity index (χ1) is 13.1. The van der Waals surface area contributed by atoms with E-state index in [2.05, 4.69) is 10.6 Å². The maximum Gasteiger partial charge on any atom is 0.319 e. The van der Waals surface area contributed by atoms with Crippen LogP contribution in [0.3, 0.4) is 0 Å². The number of methoxy groups -OCH3 is 1. The molecule has 1 aliphatic carbocycles. The molecule has 6 heteroatoms. The summed E-state index contributed by atoms with van der Waals surface area (Å²) in [6.07, 6.45) is 1.07. The van der Waals surface area contributed by atoms with Crippen LogP contribution in [0.4, 0.5) is 10.5 Å². The molecular formula is C21H23N3O3. The van der Waals surface area contributed by atoms with Crippen molar-refractivity contribution < 1.29 is 14.3 Å². The average molecular weight is 365 g/mol. The van der Waals surface area contributed by atoms with E-state index in [-0.39, 0.29) is 6.03 Å². The highest BCUT2D eigenvalue weighted by Gasteiger charge is 2.51. The van der Waals surface area contributed by atoms with Crippen molar-refractivity contribution in [3.63, 3.8) is 0 Å².